The van der Waals surface area contributed by atoms with Gasteiger partial charge in [-0.15, -0.1) is 0 Å². The smallest absolute Gasteiger partial charge is 0.260 e. The van der Waals surface area contributed by atoms with E-state index >= 15 is 0 Å². The second-order valence-electron chi connectivity index (χ2n) is 8.36. The summed E-state index contributed by atoms with van der Waals surface area (Å²) < 4.78 is 22.9. The number of morpholine rings is 1. The highest BCUT2D eigenvalue weighted by Gasteiger charge is 2.21. The number of fused-ring (bicyclic) bond motifs is 1. The standard InChI is InChI=1S/C23H29ClN6O3S/c1-4-26-23-27-11-15-9-19(18-6-5-17(10-20(18)24)34(32)29-14(2)3)22(31)30(21(15)28-23)13-16-12-25-7-8-33-16/h5-6,9-11,14,16,25,29H,4,7-8,12-13H2,1-3H3,(H,26,27,28). The van der Waals surface area contributed by atoms with Crippen LogP contribution in [0.5, 0.6) is 0 Å². The number of anilines is 1. The van der Waals surface area contributed by atoms with Crippen molar-refractivity contribution in [2.45, 2.75) is 44.4 Å². The maximum atomic E-state index is 13.7. The molecular weight excluding hydrogens is 476 g/mol. The van der Waals surface area contributed by atoms with Crippen LogP contribution in [-0.4, -0.2) is 57.1 Å². The zero-order chi connectivity index (χ0) is 24.2. The first-order valence-corrected chi connectivity index (χ1v) is 12.8. The molecule has 3 heterocycles. The van der Waals surface area contributed by atoms with Gasteiger partial charge >= 0.3 is 0 Å². The van der Waals surface area contributed by atoms with E-state index < -0.39 is 11.0 Å². The highest BCUT2D eigenvalue weighted by Crippen LogP contribution is 2.29. The van der Waals surface area contributed by atoms with Crippen molar-refractivity contribution >= 4 is 39.6 Å². The summed E-state index contributed by atoms with van der Waals surface area (Å²) in [6.45, 7) is 8.82. The summed E-state index contributed by atoms with van der Waals surface area (Å²) in [6, 6.07) is 6.90. The number of pyridine rings is 1. The Bertz CT molecular complexity index is 1260. The molecule has 0 aliphatic carbocycles. The van der Waals surface area contributed by atoms with E-state index in [1.54, 1.807) is 35.0 Å². The molecule has 2 aromatic heterocycles. The van der Waals surface area contributed by atoms with Crippen LogP contribution >= 0.6 is 11.6 Å². The second kappa shape index (κ2) is 10.9. The predicted molar refractivity (Wildman–Crippen MR) is 136 cm³/mol. The van der Waals surface area contributed by atoms with Gasteiger partial charge in [-0.2, -0.15) is 4.98 Å². The lowest BCUT2D eigenvalue weighted by atomic mass is 10.1. The van der Waals surface area contributed by atoms with Gasteiger partial charge in [-0.3, -0.25) is 9.36 Å². The number of benzene rings is 1. The van der Waals surface area contributed by atoms with Crippen molar-refractivity contribution < 1.29 is 8.95 Å². The van der Waals surface area contributed by atoms with Gasteiger partial charge in [0, 0.05) is 53.4 Å². The molecule has 2 atom stereocenters. The summed E-state index contributed by atoms with van der Waals surface area (Å²) in [7, 11) is -1.40. The third-order valence-corrected chi connectivity index (χ3v) is 7.02. The van der Waals surface area contributed by atoms with Crippen molar-refractivity contribution in [2.24, 2.45) is 0 Å². The number of aromatic nitrogens is 3. The van der Waals surface area contributed by atoms with Gasteiger partial charge < -0.3 is 15.4 Å². The maximum absolute atomic E-state index is 13.7. The SMILES string of the molecule is CCNc1ncc2cc(-c3ccc(S(=O)NC(C)C)cc3Cl)c(=O)n(CC3CNCCO3)c2n1. The number of nitrogens with one attached hydrogen (secondary N) is 3. The fourth-order valence-corrected chi connectivity index (χ4v) is 5.14. The normalized spacial score (nSPS) is 17.3. The Labute approximate surface area is 205 Å². The lowest BCUT2D eigenvalue weighted by molar-refractivity contribution is 0.0183. The first kappa shape index (κ1) is 24.7. The van der Waals surface area contributed by atoms with Gasteiger partial charge in [0.05, 0.1) is 24.2 Å². The van der Waals surface area contributed by atoms with Gasteiger partial charge in [0.1, 0.15) is 16.6 Å². The molecule has 1 fully saturated rings. The monoisotopic (exact) mass is 504 g/mol. The molecule has 3 N–H and O–H groups in total. The first-order chi connectivity index (χ1) is 16.4. The van der Waals surface area contributed by atoms with Crippen LogP contribution in [0.25, 0.3) is 22.2 Å². The summed E-state index contributed by atoms with van der Waals surface area (Å²) in [5.74, 6) is 0.459. The summed E-state index contributed by atoms with van der Waals surface area (Å²) in [5.41, 5.74) is 1.30. The Hall–Kier alpha value is -2.37. The molecule has 0 bridgehead atoms. The van der Waals surface area contributed by atoms with E-state index in [4.69, 9.17) is 16.3 Å². The van der Waals surface area contributed by atoms with Gasteiger partial charge in [-0.25, -0.2) is 13.9 Å². The van der Waals surface area contributed by atoms with Crippen molar-refractivity contribution in [3.8, 4) is 11.1 Å². The molecule has 1 saturated heterocycles. The molecule has 182 valence electrons. The molecule has 2 unspecified atom stereocenters. The molecule has 3 aromatic rings. The number of nitrogens with zero attached hydrogens (tertiary/aromatic N) is 3. The van der Waals surface area contributed by atoms with E-state index in [0.717, 1.165) is 6.54 Å². The molecule has 0 amide bonds. The third kappa shape index (κ3) is 5.47. The maximum Gasteiger partial charge on any atom is 0.260 e. The van der Waals surface area contributed by atoms with Gasteiger partial charge in [-0.05, 0) is 39.0 Å². The second-order valence-corrected chi connectivity index (χ2v) is 10.0. The Morgan fingerprint density at radius 3 is 2.82 bits per heavy atom. The summed E-state index contributed by atoms with van der Waals surface area (Å²) >= 11 is 6.59. The fourth-order valence-electron chi connectivity index (χ4n) is 3.82. The van der Waals surface area contributed by atoms with Crippen LogP contribution in [0.1, 0.15) is 20.8 Å². The minimum absolute atomic E-state index is 0.0514. The average molecular weight is 505 g/mol. The Morgan fingerprint density at radius 2 is 2.15 bits per heavy atom. The van der Waals surface area contributed by atoms with Crippen LogP contribution in [0.4, 0.5) is 5.95 Å². The van der Waals surface area contributed by atoms with Crippen LogP contribution in [0.2, 0.25) is 5.02 Å². The van der Waals surface area contributed by atoms with Crippen molar-refractivity contribution in [1.29, 1.82) is 0 Å². The fraction of sp³-hybridized carbons (Fsp3) is 0.435. The largest absolute Gasteiger partial charge is 0.374 e. The Kier molecular flexibility index (Phi) is 7.95. The molecule has 0 spiro atoms. The third-order valence-electron chi connectivity index (χ3n) is 5.34. The minimum Gasteiger partial charge on any atom is -0.374 e. The lowest BCUT2D eigenvalue weighted by Crippen LogP contribution is -2.42. The van der Waals surface area contributed by atoms with Crippen LogP contribution in [0, 0.1) is 0 Å². The van der Waals surface area contributed by atoms with Gasteiger partial charge in [-0.1, -0.05) is 17.7 Å². The zero-order valence-corrected chi connectivity index (χ0v) is 21.0. The van der Waals surface area contributed by atoms with Gasteiger partial charge in [0.15, 0.2) is 0 Å². The number of hydrogen-bond acceptors (Lipinski definition) is 7. The van der Waals surface area contributed by atoms with Crippen LogP contribution in [-0.2, 0) is 22.3 Å². The molecule has 0 radical (unpaired) electrons. The van der Waals surface area contributed by atoms with Crippen molar-refractivity contribution in [1.82, 2.24) is 24.6 Å². The topological polar surface area (TPSA) is 110 Å². The Balaban J connectivity index is 1.81. The molecule has 1 aromatic carbocycles. The average Bonchev–Trinajstić information content (AvgIpc) is 2.81. The summed E-state index contributed by atoms with van der Waals surface area (Å²) in [6.07, 6.45) is 1.54. The minimum atomic E-state index is -1.40. The number of hydrogen-bond donors (Lipinski definition) is 3. The number of halogens is 1. The van der Waals surface area contributed by atoms with Crippen LogP contribution < -0.4 is 20.9 Å². The van der Waals surface area contributed by atoms with E-state index in [1.165, 1.54) is 0 Å². The molecule has 1 aliphatic heterocycles. The van der Waals surface area contributed by atoms with E-state index in [1.807, 2.05) is 20.8 Å². The molecule has 4 rings (SSSR count). The quantitative estimate of drug-likeness (QED) is 0.432. The van der Waals surface area contributed by atoms with Crippen LogP contribution in [0.15, 0.2) is 40.2 Å². The first-order valence-electron chi connectivity index (χ1n) is 11.3. The predicted octanol–water partition coefficient (Wildman–Crippen LogP) is 2.55. The summed E-state index contributed by atoms with van der Waals surface area (Å²) in [5, 5.41) is 7.46. The molecule has 1 aliphatic rings. The Morgan fingerprint density at radius 1 is 1.32 bits per heavy atom. The highest BCUT2D eigenvalue weighted by atomic mass is 35.5. The van der Waals surface area contributed by atoms with Crippen molar-refractivity contribution in [3.63, 3.8) is 0 Å². The van der Waals surface area contributed by atoms with E-state index in [2.05, 4.69) is 25.3 Å². The van der Waals surface area contributed by atoms with Crippen LogP contribution in [0.3, 0.4) is 0 Å². The van der Waals surface area contributed by atoms with Crippen molar-refractivity contribution in [3.05, 3.63) is 45.8 Å². The van der Waals surface area contributed by atoms with Gasteiger partial charge in [0.2, 0.25) is 5.95 Å². The van der Waals surface area contributed by atoms with E-state index in [-0.39, 0.29) is 17.7 Å². The van der Waals surface area contributed by atoms with E-state index in [9.17, 15) is 9.00 Å². The molecule has 11 heteroatoms. The molecule has 9 nitrogen and oxygen atoms in total. The molecule has 0 saturated carbocycles. The summed E-state index contributed by atoms with van der Waals surface area (Å²) in [4.78, 5) is 23.2. The lowest BCUT2D eigenvalue weighted by Gasteiger charge is -2.25. The zero-order valence-electron chi connectivity index (χ0n) is 19.4. The van der Waals surface area contributed by atoms with Crippen molar-refractivity contribution in [2.75, 3.05) is 31.6 Å². The molecule has 34 heavy (non-hydrogen) atoms. The molecular formula is C23H29ClN6O3S. The van der Waals surface area contributed by atoms with Gasteiger partial charge in [0.25, 0.3) is 5.56 Å². The highest BCUT2D eigenvalue weighted by molar-refractivity contribution is 7.83. The number of ether oxygens (including phenoxy) is 1. The number of rotatable bonds is 8. The van der Waals surface area contributed by atoms with E-state index in [0.29, 0.717) is 64.3 Å².